The van der Waals surface area contributed by atoms with E-state index < -0.39 is 0 Å². The molecular formula is C21H21Cl2N3O2. The van der Waals surface area contributed by atoms with E-state index in [2.05, 4.69) is 28.7 Å². The molecule has 0 saturated carbocycles. The molecule has 1 aromatic heterocycles. The normalized spacial score (nSPS) is 10.9. The minimum Gasteiger partial charge on any atom is -0.482 e. The van der Waals surface area contributed by atoms with Crippen molar-refractivity contribution in [3.8, 4) is 5.75 Å². The molecule has 0 aliphatic rings. The van der Waals surface area contributed by atoms with Gasteiger partial charge in [0, 0.05) is 41.6 Å². The molecule has 7 heteroatoms. The number of nitrogens with zero attached hydrogens (tertiary/aromatic N) is 2. The summed E-state index contributed by atoms with van der Waals surface area (Å²) in [5.74, 6) is 1.47. The first-order valence-electron chi connectivity index (χ1n) is 8.90. The molecule has 0 aliphatic heterocycles. The Morgan fingerprint density at radius 3 is 2.82 bits per heavy atom. The fourth-order valence-electron chi connectivity index (χ4n) is 2.83. The fraction of sp³-hybridized carbons (Fsp3) is 0.238. The van der Waals surface area contributed by atoms with Crippen LogP contribution < -0.4 is 10.1 Å². The van der Waals surface area contributed by atoms with Crippen molar-refractivity contribution in [3.63, 3.8) is 0 Å². The maximum absolute atomic E-state index is 12.2. The van der Waals surface area contributed by atoms with Crippen molar-refractivity contribution in [2.45, 2.75) is 26.3 Å². The minimum absolute atomic E-state index is 0.163. The Labute approximate surface area is 174 Å². The lowest BCUT2D eigenvalue weighted by Crippen LogP contribution is -2.20. The molecule has 0 fully saturated rings. The summed E-state index contributed by atoms with van der Waals surface area (Å²) >= 11 is 12.0. The van der Waals surface area contributed by atoms with Gasteiger partial charge in [-0.3, -0.25) is 4.79 Å². The van der Waals surface area contributed by atoms with E-state index in [9.17, 15) is 4.79 Å². The van der Waals surface area contributed by atoms with E-state index in [4.69, 9.17) is 27.9 Å². The number of carbonyl (C=O) groups is 1. The highest BCUT2D eigenvalue weighted by atomic mass is 35.5. The third-order valence-electron chi connectivity index (χ3n) is 4.08. The molecule has 3 aromatic rings. The summed E-state index contributed by atoms with van der Waals surface area (Å²) in [5.41, 5.74) is 1.77. The molecule has 28 heavy (non-hydrogen) atoms. The molecule has 0 saturated heterocycles. The van der Waals surface area contributed by atoms with E-state index in [1.54, 1.807) is 24.4 Å². The molecule has 0 radical (unpaired) electrons. The fourth-order valence-corrected chi connectivity index (χ4v) is 3.16. The van der Waals surface area contributed by atoms with Gasteiger partial charge >= 0.3 is 0 Å². The van der Waals surface area contributed by atoms with Gasteiger partial charge in [0.05, 0.1) is 5.02 Å². The highest BCUT2D eigenvalue weighted by molar-refractivity contribution is 6.34. The molecule has 0 unspecified atom stereocenters. The van der Waals surface area contributed by atoms with Crippen LogP contribution in [0.2, 0.25) is 10.0 Å². The van der Waals surface area contributed by atoms with Gasteiger partial charge in [-0.2, -0.15) is 0 Å². The van der Waals surface area contributed by atoms with Gasteiger partial charge in [0.25, 0.3) is 5.91 Å². The zero-order chi connectivity index (χ0) is 20.1. The zero-order valence-corrected chi connectivity index (χ0v) is 17.2. The monoisotopic (exact) mass is 417 g/mol. The third kappa shape index (κ3) is 5.27. The molecule has 0 spiro atoms. The predicted octanol–water partition coefficient (Wildman–Crippen LogP) is 5.38. The number of anilines is 1. The van der Waals surface area contributed by atoms with Crippen LogP contribution in [0.15, 0.2) is 54.9 Å². The number of ether oxygens (including phenoxy) is 1. The summed E-state index contributed by atoms with van der Waals surface area (Å²) < 4.78 is 7.58. The van der Waals surface area contributed by atoms with E-state index >= 15 is 0 Å². The van der Waals surface area contributed by atoms with Gasteiger partial charge in [0.1, 0.15) is 11.6 Å². The first-order chi connectivity index (χ1) is 13.4. The smallest absolute Gasteiger partial charge is 0.262 e. The Kier molecular flexibility index (Phi) is 6.60. The molecule has 1 N–H and O–H groups in total. The van der Waals surface area contributed by atoms with Crippen LogP contribution in [0, 0.1) is 0 Å². The Morgan fingerprint density at radius 2 is 2.04 bits per heavy atom. The van der Waals surface area contributed by atoms with E-state index in [1.807, 2.05) is 30.5 Å². The van der Waals surface area contributed by atoms with Crippen molar-refractivity contribution >= 4 is 34.8 Å². The predicted molar refractivity (Wildman–Crippen MR) is 112 cm³/mol. The second-order valence-electron chi connectivity index (χ2n) is 6.68. The molecule has 3 rings (SSSR count). The van der Waals surface area contributed by atoms with Gasteiger partial charge < -0.3 is 14.6 Å². The van der Waals surface area contributed by atoms with Gasteiger partial charge in [-0.1, -0.05) is 49.2 Å². The summed E-state index contributed by atoms with van der Waals surface area (Å²) in [4.78, 5) is 16.6. The number of amides is 1. The number of hydrogen-bond acceptors (Lipinski definition) is 3. The van der Waals surface area contributed by atoms with Crippen molar-refractivity contribution in [1.29, 1.82) is 0 Å². The van der Waals surface area contributed by atoms with Crippen molar-refractivity contribution in [1.82, 2.24) is 9.55 Å². The summed E-state index contributed by atoms with van der Waals surface area (Å²) in [6, 6.07) is 12.6. The number of benzene rings is 2. The maximum Gasteiger partial charge on any atom is 0.262 e. The topological polar surface area (TPSA) is 56.2 Å². The molecule has 1 heterocycles. The largest absolute Gasteiger partial charge is 0.482 e. The highest BCUT2D eigenvalue weighted by Gasteiger charge is 2.10. The molecule has 2 aromatic carbocycles. The van der Waals surface area contributed by atoms with Crippen LogP contribution in [0.1, 0.15) is 31.2 Å². The summed E-state index contributed by atoms with van der Waals surface area (Å²) in [5, 5.41) is 3.74. The van der Waals surface area contributed by atoms with E-state index in [0.717, 1.165) is 11.4 Å². The molecule has 0 aliphatic carbocycles. The van der Waals surface area contributed by atoms with Gasteiger partial charge in [-0.05, 0) is 29.8 Å². The first-order valence-corrected chi connectivity index (χ1v) is 9.65. The Bertz CT molecular complexity index is 970. The van der Waals surface area contributed by atoms with Crippen LogP contribution in [0.3, 0.4) is 0 Å². The van der Waals surface area contributed by atoms with Crippen LogP contribution in [0.4, 0.5) is 5.69 Å². The summed E-state index contributed by atoms with van der Waals surface area (Å²) in [6.07, 6.45) is 3.77. The van der Waals surface area contributed by atoms with Crippen molar-refractivity contribution in [2.75, 3.05) is 11.9 Å². The number of imidazole rings is 1. The highest BCUT2D eigenvalue weighted by Crippen LogP contribution is 2.27. The average Bonchev–Trinajstić information content (AvgIpc) is 3.11. The van der Waals surface area contributed by atoms with Gasteiger partial charge in [-0.25, -0.2) is 4.98 Å². The van der Waals surface area contributed by atoms with Gasteiger partial charge in [0.15, 0.2) is 6.61 Å². The molecule has 0 atom stereocenters. The first kappa shape index (κ1) is 20.2. The Morgan fingerprint density at radius 1 is 1.21 bits per heavy atom. The van der Waals surface area contributed by atoms with Crippen LogP contribution in [0.5, 0.6) is 5.75 Å². The van der Waals surface area contributed by atoms with Crippen molar-refractivity contribution in [3.05, 3.63) is 76.3 Å². The molecule has 0 bridgehead atoms. The molecular weight excluding hydrogens is 397 g/mol. The Hall–Kier alpha value is -2.50. The van der Waals surface area contributed by atoms with Gasteiger partial charge in [-0.15, -0.1) is 0 Å². The van der Waals surface area contributed by atoms with Crippen LogP contribution in [0.25, 0.3) is 0 Å². The number of nitrogens with one attached hydrogen (secondary N) is 1. The number of halogens is 2. The SMILES string of the molecule is CC(C)c1nccn1Cc1cccc(NC(=O)COc2cc(Cl)ccc2Cl)c1. The number of rotatable bonds is 7. The molecule has 146 valence electrons. The summed E-state index contributed by atoms with van der Waals surface area (Å²) in [6.45, 7) is 4.75. The summed E-state index contributed by atoms with van der Waals surface area (Å²) in [7, 11) is 0. The standard InChI is InChI=1S/C21H21Cl2N3O2/c1-14(2)21-24-8-9-26(21)12-15-4-3-5-17(10-15)25-20(27)13-28-19-11-16(22)6-7-18(19)23/h3-11,14H,12-13H2,1-2H3,(H,25,27). The number of carbonyl (C=O) groups excluding carboxylic acids is 1. The van der Waals surface area contributed by atoms with Crippen LogP contribution in [-0.2, 0) is 11.3 Å². The maximum atomic E-state index is 12.2. The van der Waals surface area contributed by atoms with E-state index in [0.29, 0.717) is 33.9 Å². The van der Waals surface area contributed by atoms with Crippen LogP contribution >= 0.6 is 23.2 Å². The second-order valence-corrected chi connectivity index (χ2v) is 7.52. The Balaban J connectivity index is 1.61. The lowest BCUT2D eigenvalue weighted by atomic mass is 10.1. The van der Waals surface area contributed by atoms with Crippen molar-refractivity contribution < 1.29 is 9.53 Å². The molecule has 5 nitrogen and oxygen atoms in total. The van der Waals surface area contributed by atoms with Gasteiger partial charge in [0.2, 0.25) is 0 Å². The zero-order valence-electron chi connectivity index (χ0n) is 15.7. The van der Waals surface area contributed by atoms with Crippen molar-refractivity contribution in [2.24, 2.45) is 0 Å². The lowest BCUT2D eigenvalue weighted by molar-refractivity contribution is -0.118. The number of aromatic nitrogens is 2. The third-order valence-corrected chi connectivity index (χ3v) is 4.63. The molecule has 1 amide bonds. The second kappa shape index (κ2) is 9.13. The minimum atomic E-state index is -0.279. The van der Waals surface area contributed by atoms with Crippen LogP contribution in [-0.4, -0.2) is 22.1 Å². The average molecular weight is 418 g/mol. The van der Waals surface area contributed by atoms with E-state index in [1.165, 1.54) is 0 Å². The quantitative estimate of drug-likeness (QED) is 0.561. The lowest BCUT2D eigenvalue weighted by Gasteiger charge is -2.12. The van der Waals surface area contributed by atoms with E-state index in [-0.39, 0.29) is 12.5 Å². The number of hydrogen-bond donors (Lipinski definition) is 1.